The predicted molar refractivity (Wildman–Crippen MR) is 107 cm³/mol. The van der Waals surface area contributed by atoms with Crippen LogP contribution < -0.4 is 4.74 Å². The Morgan fingerprint density at radius 1 is 1.11 bits per heavy atom. The second kappa shape index (κ2) is 8.18. The van der Waals surface area contributed by atoms with Crippen molar-refractivity contribution in [1.29, 1.82) is 0 Å². The van der Waals surface area contributed by atoms with Gasteiger partial charge >= 0.3 is 0 Å². The number of nitrogens with zero attached hydrogens (tertiary/aromatic N) is 2. The quantitative estimate of drug-likeness (QED) is 0.684. The molecule has 3 rings (SSSR count). The molecule has 6 nitrogen and oxygen atoms in total. The fraction of sp³-hybridized carbons (Fsp3) is 0.278. The summed E-state index contributed by atoms with van der Waals surface area (Å²) in [6.45, 7) is 1.01. The molecule has 144 valence electrons. The molecule has 2 aromatic carbocycles. The van der Waals surface area contributed by atoms with Gasteiger partial charge in [-0.15, -0.1) is 0 Å². The number of halogens is 2. The fourth-order valence-corrected chi connectivity index (χ4v) is 5.22. The second-order valence-electron chi connectivity index (χ2n) is 5.97. The number of carbonyl (C=O) groups excluding carboxylic acids is 1. The normalized spacial score (nSPS) is 15.6. The molecule has 1 aliphatic rings. The lowest BCUT2D eigenvalue weighted by atomic mass is 10.1. The number of piperazine rings is 1. The van der Waals surface area contributed by atoms with E-state index in [1.807, 2.05) is 0 Å². The number of rotatable bonds is 4. The zero-order valence-corrected chi connectivity index (χ0v) is 17.7. The van der Waals surface area contributed by atoms with E-state index in [4.69, 9.17) is 16.3 Å². The van der Waals surface area contributed by atoms with E-state index < -0.39 is 10.0 Å². The minimum atomic E-state index is -3.69. The van der Waals surface area contributed by atoms with E-state index >= 15 is 0 Å². The van der Waals surface area contributed by atoms with Gasteiger partial charge in [0.15, 0.2) is 0 Å². The van der Waals surface area contributed by atoms with Gasteiger partial charge in [-0.05, 0) is 46.3 Å². The van der Waals surface area contributed by atoms with Crippen LogP contribution in [0.2, 0.25) is 5.02 Å². The molecule has 0 radical (unpaired) electrons. The van der Waals surface area contributed by atoms with E-state index in [-0.39, 0.29) is 28.9 Å². The molecule has 0 saturated carbocycles. The third kappa shape index (κ3) is 4.13. The average molecular weight is 474 g/mol. The van der Waals surface area contributed by atoms with E-state index in [1.54, 1.807) is 41.3 Å². The minimum Gasteiger partial charge on any atom is -0.497 e. The molecule has 9 heteroatoms. The first kappa shape index (κ1) is 20.1. The Hall–Kier alpha value is -1.61. The minimum absolute atomic E-state index is 0.0852. The van der Waals surface area contributed by atoms with E-state index in [1.165, 1.54) is 17.5 Å². The van der Waals surface area contributed by atoms with Crippen LogP contribution in [0, 0.1) is 0 Å². The van der Waals surface area contributed by atoms with Crippen molar-refractivity contribution in [1.82, 2.24) is 9.21 Å². The van der Waals surface area contributed by atoms with E-state index in [9.17, 15) is 13.2 Å². The van der Waals surface area contributed by atoms with Crippen LogP contribution in [-0.2, 0) is 10.0 Å². The molecule has 2 aromatic rings. The van der Waals surface area contributed by atoms with Crippen LogP contribution in [0.5, 0.6) is 5.75 Å². The number of benzene rings is 2. The molecule has 0 unspecified atom stereocenters. The molecule has 0 aromatic heterocycles. The van der Waals surface area contributed by atoms with Crippen LogP contribution >= 0.6 is 27.5 Å². The number of hydrogen-bond donors (Lipinski definition) is 0. The van der Waals surface area contributed by atoms with Crippen LogP contribution in [0.15, 0.2) is 51.8 Å². The van der Waals surface area contributed by atoms with Crippen molar-refractivity contribution in [3.8, 4) is 5.75 Å². The van der Waals surface area contributed by atoms with Gasteiger partial charge < -0.3 is 9.64 Å². The van der Waals surface area contributed by atoms with Gasteiger partial charge in [-0.25, -0.2) is 8.42 Å². The number of hydrogen-bond acceptors (Lipinski definition) is 4. The van der Waals surface area contributed by atoms with Gasteiger partial charge in [0, 0.05) is 30.7 Å². The van der Waals surface area contributed by atoms with Crippen LogP contribution in [0.4, 0.5) is 0 Å². The van der Waals surface area contributed by atoms with Crippen LogP contribution in [0.1, 0.15) is 10.4 Å². The van der Waals surface area contributed by atoms with Crippen molar-refractivity contribution in [3.63, 3.8) is 0 Å². The van der Waals surface area contributed by atoms with Crippen molar-refractivity contribution < 1.29 is 17.9 Å². The third-order valence-electron chi connectivity index (χ3n) is 4.38. The third-order valence-corrected chi connectivity index (χ3v) is 7.47. The predicted octanol–water partition coefficient (Wildman–Crippen LogP) is 3.26. The molecule has 1 fully saturated rings. The maximum atomic E-state index is 12.8. The molecular formula is C18H18BrClN2O4S. The topological polar surface area (TPSA) is 66.9 Å². The molecule has 0 N–H and O–H groups in total. The molecule has 0 atom stereocenters. The maximum absolute atomic E-state index is 12.8. The van der Waals surface area contributed by atoms with Crippen LogP contribution in [0.25, 0.3) is 0 Å². The van der Waals surface area contributed by atoms with Crippen LogP contribution in [-0.4, -0.2) is 56.8 Å². The van der Waals surface area contributed by atoms with Crippen LogP contribution in [0.3, 0.4) is 0 Å². The molecule has 1 amide bonds. The monoisotopic (exact) mass is 472 g/mol. The van der Waals surface area contributed by atoms with Crippen molar-refractivity contribution >= 4 is 43.5 Å². The Morgan fingerprint density at radius 2 is 1.78 bits per heavy atom. The lowest BCUT2D eigenvalue weighted by Gasteiger charge is -2.34. The summed E-state index contributed by atoms with van der Waals surface area (Å²) in [5.41, 5.74) is 0.483. The zero-order chi connectivity index (χ0) is 19.6. The first-order chi connectivity index (χ1) is 12.8. The number of sulfonamides is 1. The average Bonchev–Trinajstić information content (AvgIpc) is 2.68. The summed E-state index contributed by atoms with van der Waals surface area (Å²) in [5.74, 6) is 0.414. The first-order valence-corrected chi connectivity index (χ1v) is 10.8. The van der Waals surface area contributed by atoms with Crippen molar-refractivity contribution in [2.45, 2.75) is 4.90 Å². The zero-order valence-electron chi connectivity index (χ0n) is 14.6. The number of ether oxygens (including phenoxy) is 1. The molecule has 0 bridgehead atoms. The maximum Gasteiger partial charge on any atom is 0.255 e. The summed E-state index contributed by atoms with van der Waals surface area (Å²) < 4.78 is 32.8. The van der Waals surface area contributed by atoms with Crippen molar-refractivity contribution in [2.75, 3.05) is 33.3 Å². The highest BCUT2D eigenvalue weighted by Crippen LogP contribution is 2.27. The number of carbonyl (C=O) groups is 1. The Labute approximate surface area is 171 Å². The SMILES string of the molecule is COc1ccc(Br)c(C(=O)N2CCN(S(=O)(=O)c3ccccc3Cl)CC2)c1. The number of methoxy groups -OCH3 is 1. The van der Waals surface area contributed by atoms with Gasteiger partial charge in [0.2, 0.25) is 10.0 Å². The Kier molecular flexibility index (Phi) is 6.10. The van der Waals surface area contributed by atoms with Gasteiger partial charge in [-0.1, -0.05) is 23.7 Å². The second-order valence-corrected chi connectivity index (χ2v) is 9.14. The van der Waals surface area contributed by atoms with Gasteiger partial charge in [0.1, 0.15) is 10.6 Å². The standard InChI is InChI=1S/C18H18BrClN2O4S/c1-26-13-6-7-15(19)14(12-13)18(23)21-8-10-22(11-9-21)27(24,25)17-5-3-2-4-16(17)20/h2-7,12H,8-11H2,1H3. The molecule has 1 saturated heterocycles. The lowest BCUT2D eigenvalue weighted by Crippen LogP contribution is -2.50. The lowest BCUT2D eigenvalue weighted by molar-refractivity contribution is 0.0696. The van der Waals surface area contributed by atoms with Gasteiger partial charge in [-0.2, -0.15) is 4.31 Å². The van der Waals surface area contributed by atoms with Gasteiger partial charge in [0.25, 0.3) is 5.91 Å². The molecule has 1 heterocycles. The highest BCUT2D eigenvalue weighted by molar-refractivity contribution is 9.10. The largest absolute Gasteiger partial charge is 0.497 e. The molecular weight excluding hydrogens is 456 g/mol. The molecule has 0 aliphatic carbocycles. The Morgan fingerprint density at radius 3 is 2.41 bits per heavy atom. The van der Waals surface area contributed by atoms with Gasteiger partial charge in [-0.3, -0.25) is 4.79 Å². The highest BCUT2D eigenvalue weighted by Gasteiger charge is 2.32. The summed E-state index contributed by atoms with van der Waals surface area (Å²) >= 11 is 9.43. The van der Waals surface area contributed by atoms with E-state index in [0.717, 1.165) is 0 Å². The summed E-state index contributed by atoms with van der Waals surface area (Å²) in [7, 11) is -2.15. The first-order valence-electron chi connectivity index (χ1n) is 8.22. The smallest absolute Gasteiger partial charge is 0.255 e. The van der Waals surface area contributed by atoms with Crippen molar-refractivity contribution in [3.05, 3.63) is 57.5 Å². The summed E-state index contributed by atoms with van der Waals surface area (Å²) in [5, 5.41) is 0.191. The summed E-state index contributed by atoms with van der Waals surface area (Å²) in [4.78, 5) is 14.5. The summed E-state index contributed by atoms with van der Waals surface area (Å²) in [6, 6.07) is 11.5. The van der Waals surface area contributed by atoms with Gasteiger partial charge in [0.05, 0.1) is 17.7 Å². The summed E-state index contributed by atoms with van der Waals surface area (Å²) in [6.07, 6.45) is 0. The van der Waals surface area contributed by atoms with Crippen molar-refractivity contribution in [2.24, 2.45) is 0 Å². The Bertz CT molecular complexity index is 960. The molecule has 0 spiro atoms. The van der Waals surface area contributed by atoms with E-state index in [0.29, 0.717) is 28.9 Å². The highest BCUT2D eigenvalue weighted by atomic mass is 79.9. The van der Waals surface area contributed by atoms with E-state index in [2.05, 4.69) is 15.9 Å². The Balaban J connectivity index is 1.74. The fourth-order valence-electron chi connectivity index (χ4n) is 2.89. The number of amides is 1. The molecule has 27 heavy (non-hydrogen) atoms. The molecule has 1 aliphatic heterocycles.